The van der Waals surface area contributed by atoms with E-state index in [-0.39, 0.29) is 0 Å². The Hall–Kier alpha value is -3.23. The maximum Gasteiger partial charge on any atom is 0.0823 e. The molecule has 134 valence electrons. The highest BCUT2D eigenvalue weighted by Crippen LogP contribution is 2.34. The van der Waals surface area contributed by atoms with Crippen molar-refractivity contribution in [2.24, 2.45) is 0 Å². The Labute approximate surface area is 169 Å². The molecule has 5 aromatic rings. The van der Waals surface area contributed by atoms with Crippen LogP contribution in [-0.4, -0.2) is 4.98 Å². The highest BCUT2D eigenvalue weighted by molar-refractivity contribution is 7.22. The van der Waals surface area contributed by atoms with Crippen LogP contribution in [0.25, 0.3) is 43.0 Å². The van der Waals surface area contributed by atoms with Gasteiger partial charge in [0.25, 0.3) is 0 Å². The molecule has 2 aromatic heterocycles. The third-order valence-corrected chi connectivity index (χ3v) is 6.11. The number of benzene rings is 3. The number of pyridine rings is 1. The van der Waals surface area contributed by atoms with Crippen molar-refractivity contribution in [3.8, 4) is 32.8 Å². The van der Waals surface area contributed by atoms with Crippen molar-refractivity contribution in [2.45, 2.75) is 6.92 Å². The van der Waals surface area contributed by atoms with Crippen molar-refractivity contribution in [3.63, 3.8) is 0 Å². The largest absolute Gasteiger partial charge is 0.247 e. The number of fused-ring (bicyclic) bond motifs is 1. The van der Waals surface area contributed by atoms with Gasteiger partial charge in [-0.3, -0.25) is 0 Å². The van der Waals surface area contributed by atoms with Gasteiger partial charge in [-0.2, -0.15) is 0 Å². The lowest BCUT2D eigenvalue weighted by atomic mass is 10.0. The third-order valence-electron chi connectivity index (χ3n) is 4.98. The number of hydrogen-bond acceptors (Lipinski definition) is 2. The smallest absolute Gasteiger partial charge is 0.0823 e. The summed E-state index contributed by atoms with van der Waals surface area (Å²) in [6.07, 6.45) is 0. The Morgan fingerprint density at radius 3 is 2.18 bits per heavy atom. The summed E-state index contributed by atoms with van der Waals surface area (Å²) in [5.41, 5.74) is 8.19. The second-order valence-corrected chi connectivity index (χ2v) is 8.09. The molecule has 3 aromatic carbocycles. The molecule has 5 rings (SSSR count). The van der Waals surface area contributed by atoms with Crippen LogP contribution in [0.2, 0.25) is 0 Å². The van der Waals surface area contributed by atoms with E-state index in [9.17, 15) is 0 Å². The maximum atomic E-state index is 4.95. The molecule has 0 bridgehead atoms. The summed E-state index contributed by atoms with van der Waals surface area (Å²) in [7, 11) is 0. The first-order valence-corrected chi connectivity index (χ1v) is 10.2. The van der Waals surface area contributed by atoms with E-state index >= 15 is 0 Å². The summed E-state index contributed by atoms with van der Waals surface area (Å²) in [5, 5.41) is 0. The molecule has 0 atom stereocenters. The van der Waals surface area contributed by atoms with Crippen LogP contribution in [0.3, 0.4) is 0 Å². The predicted molar refractivity (Wildman–Crippen MR) is 121 cm³/mol. The quantitative estimate of drug-likeness (QED) is 0.315. The van der Waals surface area contributed by atoms with Crippen molar-refractivity contribution in [1.82, 2.24) is 4.98 Å². The van der Waals surface area contributed by atoms with E-state index in [0.29, 0.717) is 0 Å². The third kappa shape index (κ3) is 3.23. The summed E-state index contributed by atoms with van der Waals surface area (Å²) in [6.45, 7) is 2.12. The summed E-state index contributed by atoms with van der Waals surface area (Å²) < 4.78 is 1.22. The Bertz CT molecular complexity index is 1250. The van der Waals surface area contributed by atoms with Gasteiger partial charge in [0.2, 0.25) is 0 Å². The van der Waals surface area contributed by atoms with Crippen LogP contribution in [0.1, 0.15) is 5.56 Å². The first-order chi connectivity index (χ1) is 13.8. The first-order valence-electron chi connectivity index (χ1n) is 9.40. The molecular formula is C26H19NS. The van der Waals surface area contributed by atoms with Gasteiger partial charge in [0.15, 0.2) is 0 Å². The molecule has 0 saturated carbocycles. The standard InChI is InChI=1S/C26H19NS/c1-18-10-12-20(13-11-18)26-17-24-25(28-26)15-14-23(27-24)22-9-5-8-21(16-22)19-6-3-2-4-7-19/h2-17H,1H3. The summed E-state index contributed by atoms with van der Waals surface area (Å²) in [5.74, 6) is 0. The summed E-state index contributed by atoms with van der Waals surface area (Å²) in [6, 6.07) is 34.3. The zero-order chi connectivity index (χ0) is 18.9. The maximum absolute atomic E-state index is 4.95. The van der Waals surface area contributed by atoms with Crippen molar-refractivity contribution < 1.29 is 0 Å². The van der Waals surface area contributed by atoms with Gasteiger partial charge >= 0.3 is 0 Å². The number of hydrogen-bond donors (Lipinski definition) is 0. The Morgan fingerprint density at radius 1 is 0.607 bits per heavy atom. The van der Waals surface area contributed by atoms with Crippen LogP contribution in [0.15, 0.2) is 97.1 Å². The molecule has 0 unspecified atom stereocenters. The molecule has 0 saturated heterocycles. The molecule has 1 nitrogen and oxygen atoms in total. The number of aromatic nitrogens is 1. The van der Waals surface area contributed by atoms with E-state index in [1.807, 2.05) is 6.07 Å². The van der Waals surface area contributed by atoms with Crippen LogP contribution in [0, 0.1) is 6.92 Å². The second kappa shape index (κ2) is 7.06. The average Bonchev–Trinajstić information content (AvgIpc) is 3.18. The average molecular weight is 378 g/mol. The molecule has 2 heterocycles. The zero-order valence-corrected chi connectivity index (χ0v) is 16.4. The number of nitrogens with zero attached hydrogens (tertiary/aromatic N) is 1. The fourth-order valence-corrected chi connectivity index (χ4v) is 4.44. The molecule has 0 spiro atoms. The molecule has 0 aliphatic heterocycles. The molecular weight excluding hydrogens is 358 g/mol. The van der Waals surface area contributed by atoms with Crippen molar-refractivity contribution >= 4 is 21.6 Å². The van der Waals surface area contributed by atoms with Crippen LogP contribution in [0.5, 0.6) is 0 Å². The first kappa shape index (κ1) is 16.9. The highest BCUT2D eigenvalue weighted by Gasteiger charge is 2.08. The van der Waals surface area contributed by atoms with Crippen molar-refractivity contribution in [3.05, 3.63) is 103 Å². The van der Waals surface area contributed by atoms with Crippen LogP contribution in [-0.2, 0) is 0 Å². The fraction of sp³-hybridized carbons (Fsp3) is 0.0385. The van der Waals surface area contributed by atoms with E-state index < -0.39 is 0 Å². The van der Waals surface area contributed by atoms with Crippen molar-refractivity contribution in [1.29, 1.82) is 0 Å². The SMILES string of the molecule is Cc1ccc(-c2cc3nc(-c4cccc(-c5ccccc5)c4)ccc3s2)cc1. The molecule has 0 aliphatic carbocycles. The Morgan fingerprint density at radius 2 is 1.36 bits per heavy atom. The van der Waals surface area contributed by atoms with Gasteiger partial charge in [-0.05, 0) is 47.9 Å². The van der Waals surface area contributed by atoms with Crippen LogP contribution in [0.4, 0.5) is 0 Å². The minimum atomic E-state index is 1.01. The highest BCUT2D eigenvalue weighted by atomic mass is 32.1. The monoisotopic (exact) mass is 377 g/mol. The minimum Gasteiger partial charge on any atom is -0.247 e. The van der Waals surface area contributed by atoms with Gasteiger partial charge < -0.3 is 0 Å². The molecule has 0 amide bonds. The van der Waals surface area contributed by atoms with E-state index in [2.05, 4.69) is 97.9 Å². The van der Waals surface area contributed by atoms with Gasteiger partial charge in [-0.25, -0.2) is 4.98 Å². The molecule has 0 aliphatic rings. The number of rotatable bonds is 3. The lowest BCUT2D eigenvalue weighted by Crippen LogP contribution is -1.84. The van der Waals surface area contributed by atoms with E-state index in [0.717, 1.165) is 16.8 Å². The number of aryl methyl sites for hydroxylation is 1. The van der Waals surface area contributed by atoms with Gasteiger partial charge in [-0.15, -0.1) is 11.3 Å². The van der Waals surface area contributed by atoms with E-state index in [4.69, 9.17) is 4.98 Å². The molecule has 0 fully saturated rings. The van der Waals surface area contributed by atoms with Crippen molar-refractivity contribution in [2.75, 3.05) is 0 Å². The number of thiophene rings is 1. The van der Waals surface area contributed by atoms with E-state index in [1.54, 1.807) is 11.3 Å². The Kier molecular flexibility index (Phi) is 4.27. The molecule has 2 heteroatoms. The molecule has 0 radical (unpaired) electrons. The second-order valence-electron chi connectivity index (χ2n) is 7.00. The molecule has 28 heavy (non-hydrogen) atoms. The zero-order valence-electron chi connectivity index (χ0n) is 15.6. The predicted octanol–water partition coefficient (Wildman–Crippen LogP) is 7.61. The van der Waals surface area contributed by atoms with E-state index in [1.165, 1.54) is 31.8 Å². The fourth-order valence-electron chi connectivity index (χ4n) is 3.43. The summed E-state index contributed by atoms with van der Waals surface area (Å²) in [4.78, 5) is 6.22. The van der Waals surface area contributed by atoms with Gasteiger partial charge in [0, 0.05) is 10.4 Å². The lowest BCUT2D eigenvalue weighted by molar-refractivity contribution is 1.41. The van der Waals surface area contributed by atoms with Gasteiger partial charge in [0.1, 0.15) is 0 Å². The van der Waals surface area contributed by atoms with Gasteiger partial charge in [-0.1, -0.05) is 78.4 Å². The lowest BCUT2D eigenvalue weighted by Gasteiger charge is -2.05. The van der Waals surface area contributed by atoms with Gasteiger partial charge in [0.05, 0.1) is 15.9 Å². The van der Waals surface area contributed by atoms with Crippen LogP contribution < -0.4 is 0 Å². The summed E-state index contributed by atoms with van der Waals surface area (Å²) >= 11 is 1.80. The molecule has 0 N–H and O–H groups in total. The topological polar surface area (TPSA) is 12.9 Å². The Balaban J connectivity index is 1.54. The van der Waals surface area contributed by atoms with Crippen LogP contribution >= 0.6 is 11.3 Å². The minimum absolute atomic E-state index is 1.01. The normalized spacial score (nSPS) is 11.0.